The maximum absolute atomic E-state index is 12.9. The van der Waals surface area contributed by atoms with Gasteiger partial charge in [-0.05, 0) is 128 Å². The predicted molar refractivity (Wildman–Crippen MR) is 329 cm³/mol. The van der Waals surface area contributed by atoms with Crippen molar-refractivity contribution in [1.29, 1.82) is 0 Å². The fourth-order valence-electron chi connectivity index (χ4n) is 7.10. The summed E-state index contributed by atoms with van der Waals surface area (Å²) >= 11 is 11.8. The predicted octanol–water partition coefficient (Wildman–Crippen LogP) is 5.89. The number of aromatic nitrogens is 4. The second-order valence-electron chi connectivity index (χ2n) is 20.8. The standard InChI is InChI=1S/C56H80Cl2N16O14/c1-55(2,3)87-53(79)73-49(71-47(75)39-43(59)69-45(61)41(57)67-39)63-23-9-7-13-35-15-19-37(20-16-35)83-31-27-81-29-33-85-51(77)65-25-11-12-26-66-52(78)86-34-30-82-28-32-84-38-21-17-36(18-22-38)14-8-10-24-64-50(74-54(80)88-56(4,5)6)72-48(76)40-44(60)70-46(62)42(58)68-40/h15-22H,7-14,23-34H2,1-6H3,(H,65,77)(H,66,78)(H4,59,61,69)(H4,60,62,70)(H2,63,71,73,75,79)(H2,64,72,74,76,80). The smallest absolute Gasteiger partial charge is 0.414 e. The lowest BCUT2D eigenvalue weighted by Gasteiger charge is -2.20. The van der Waals surface area contributed by atoms with Gasteiger partial charge in [0, 0.05) is 26.2 Å². The van der Waals surface area contributed by atoms with Gasteiger partial charge >= 0.3 is 24.4 Å². The van der Waals surface area contributed by atoms with E-state index in [1.54, 1.807) is 41.5 Å². The second-order valence-corrected chi connectivity index (χ2v) is 21.6. The number of hydrogen-bond acceptors (Lipinski definition) is 24. The molecule has 0 fully saturated rings. The van der Waals surface area contributed by atoms with Crippen LogP contribution in [-0.4, -0.2) is 158 Å². The third kappa shape index (κ3) is 30.1. The first-order chi connectivity index (χ1) is 41.8. The van der Waals surface area contributed by atoms with Crippen LogP contribution in [0.2, 0.25) is 10.3 Å². The molecule has 4 aromatic rings. The zero-order valence-corrected chi connectivity index (χ0v) is 51.7. The molecule has 6 amide bonds. The van der Waals surface area contributed by atoms with Crippen LogP contribution in [0, 0.1) is 0 Å². The van der Waals surface area contributed by atoms with Crippen LogP contribution in [0.25, 0.3) is 0 Å². The minimum atomic E-state index is -0.824. The summed E-state index contributed by atoms with van der Waals surface area (Å²) in [5, 5.41) is 14.7. The topological polar surface area (TPSA) is 429 Å². The van der Waals surface area contributed by atoms with Crippen molar-refractivity contribution in [2.24, 2.45) is 9.98 Å². The van der Waals surface area contributed by atoms with Crippen LogP contribution in [0.1, 0.15) is 112 Å². The van der Waals surface area contributed by atoms with E-state index in [1.165, 1.54) is 0 Å². The van der Waals surface area contributed by atoms with Crippen molar-refractivity contribution in [2.45, 2.75) is 104 Å². The van der Waals surface area contributed by atoms with Crippen molar-refractivity contribution >= 4 is 94.6 Å². The fourth-order valence-corrected chi connectivity index (χ4v) is 7.35. The molecule has 30 nitrogen and oxygen atoms in total. The number of carbonyl (C=O) groups is 6. The number of benzene rings is 2. The van der Waals surface area contributed by atoms with Crippen LogP contribution in [-0.2, 0) is 41.3 Å². The Morgan fingerprint density at radius 1 is 0.455 bits per heavy atom. The molecule has 0 aliphatic rings. The van der Waals surface area contributed by atoms with Crippen molar-refractivity contribution in [3.05, 3.63) is 81.4 Å². The minimum Gasteiger partial charge on any atom is -0.491 e. The number of anilines is 4. The number of alkyl carbamates (subject to hydrolysis) is 4. The molecule has 2 aromatic heterocycles. The van der Waals surface area contributed by atoms with Gasteiger partial charge in [0.15, 0.2) is 45.0 Å². The molecule has 4 rings (SSSR count). The summed E-state index contributed by atoms with van der Waals surface area (Å²) < 4.78 is 43.4. The summed E-state index contributed by atoms with van der Waals surface area (Å²) in [5.41, 5.74) is 22.8. The number of amides is 6. The SMILES string of the molecule is CC(C)(C)OC(=O)NC(=NCCCCc1ccc(OCCOCCOC(=O)NCCCCNC(=O)OCCOCCOc2ccc(CCCCN=C(NC(=O)OC(C)(C)C)NC(=O)c3nc(Cl)c(N)nc3N)cc2)cc1)NC(=O)c1nc(Cl)c(N)nc1N. The number of hydrogen-bond donors (Lipinski definition) is 10. The Kier molecular flexibility index (Phi) is 30.8. The Morgan fingerprint density at radius 2 is 0.818 bits per heavy atom. The molecule has 32 heteroatoms. The van der Waals surface area contributed by atoms with Crippen LogP contribution in [0.4, 0.5) is 42.4 Å². The molecule has 0 spiro atoms. The quantitative estimate of drug-likeness (QED) is 0.0121. The first-order valence-corrected chi connectivity index (χ1v) is 28.9. The highest BCUT2D eigenvalue weighted by molar-refractivity contribution is 6.32. The highest BCUT2D eigenvalue weighted by Gasteiger charge is 2.24. The van der Waals surface area contributed by atoms with Gasteiger partial charge in [-0.15, -0.1) is 0 Å². The lowest BCUT2D eigenvalue weighted by molar-refractivity contribution is 0.0548. The van der Waals surface area contributed by atoms with Gasteiger partial charge in [-0.1, -0.05) is 47.5 Å². The number of aryl methyl sites for hydroxylation is 2. The van der Waals surface area contributed by atoms with Gasteiger partial charge < -0.3 is 71.5 Å². The number of carbonyl (C=O) groups excluding carboxylic acids is 6. The number of nitrogens with two attached hydrogens (primary N) is 4. The average Bonchev–Trinajstić information content (AvgIpc) is 2.87. The van der Waals surface area contributed by atoms with E-state index in [2.05, 4.69) is 61.8 Å². The van der Waals surface area contributed by atoms with Crippen molar-refractivity contribution in [2.75, 3.05) is 102 Å². The summed E-state index contributed by atoms with van der Waals surface area (Å²) in [5.74, 6) is -1.41. The van der Waals surface area contributed by atoms with Gasteiger partial charge in [0.05, 0.1) is 26.4 Å². The zero-order valence-electron chi connectivity index (χ0n) is 50.2. The van der Waals surface area contributed by atoms with Gasteiger partial charge in [0.25, 0.3) is 11.8 Å². The van der Waals surface area contributed by atoms with Crippen LogP contribution in [0.5, 0.6) is 11.5 Å². The Morgan fingerprint density at radius 3 is 1.18 bits per heavy atom. The Labute approximate surface area is 520 Å². The molecule has 0 saturated heterocycles. The average molecular weight is 1270 g/mol. The summed E-state index contributed by atoms with van der Waals surface area (Å²) in [6, 6.07) is 15.2. The summed E-state index contributed by atoms with van der Waals surface area (Å²) in [6.45, 7) is 13.0. The normalized spacial score (nSPS) is 11.6. The summed E-state index contributed by atoms with van der Waals surface area (Å²) in [6.07, 6.45) is 2.58. The van der Waals surface area contributed by atoms with Crippen molar-refractivity contribution in [3.63, 3.8) is 0 Å². The van der Waals surface area contributed by atoms with Crippen molar-refractivity contribution in [1.82, 2.24) is 51.8 Å². The van der Waals surface area contributed by atoms with Crippen LogP contribution >= 0.6 is 23.2 Å². The van der Waals surface area contributed by atoms with E-state index in [9.17, 15) is 28.8 Å². The molecule has 14 N–H and O–H groups in total. The lowest BCUT2D eigenvalue weighted by Crippen LogP contribution is -2.46. The molecule has 2 heterocycles. The zero-order chi connectivity index (χ0) is 64.5. The lowest BCUT2D eigenvalue weighted by atomic mass is 10.1. The first kappa shape index (κ1) is 71.7. The van der Waals surface area contributed by atoms with Crippen LogP contribution < -0.4 is 64.3 Å². The van der Waals surface area contributed by atoms with Gasteiger partial charge in [-0.3, -0.25) is 40.8 Å². The molecule has 0 saturated carbocycles. The molecular weight excluding hydrogens is 1190 g/mol. The molecule has 0 aliphatic carbocycles. The van der Waals surface area contributed by atoms with Gasteiger partial charge in [0.1, 0.15) is 49.1 Å². The third-order valence-electron chi connectivity index (χ3n) is 11.1. The molecule has 0 atom stereocenters. The number of ether oxygens (including phenoxy) is 8. The molecule has 0 bridgehead atoms. The van der Waals surface area contributed by atoms with E-state index >= 15 is 0 Å². The number of halogens is 2. The van der Waals surface area contributed by atoms with E-state index in [4.69, 9.17) is 84.0 Å². The van der Waals surface area contributed by atoms with E-state index in [-0.39, 0.29) is 123 Å². The Bertz CT molecular complexity index is 2770. The van der Waals surface area contributed by atoms with Crippen LogP contribution in [0.15, 0.2) is 58.5 Å². The number of nitrogens with zero attached hydrogens (tertiary/aromatic N) is 6. The largest absolute Gasteiger partial charge is 0.491 e. The number of guanidine groups is 2. The third-order valence-corrected chi connectivity index (χ3v) is 11.7. The maximum Gasteiger partial charge on any atom is 0.414 e. The van der Waals surface area contributed by atoms with E-state index in [1.807, 2.05) is 48.5 Å². The molecule has 482 valence electrons. The minimum absolute atomic E-state index is 0.0548. The fraction of sp³-hybridized carbons (Fsp3) is 0.500. The number of rotatable bonds is 31. The molecule has 0 unspecified atom stereocenters. The molecule has 0 radical (unpaired) electrons. The summed E-state index contributed by atoms with van der Waals surface area (Å²) in [7, 11) is 0. The molecule has 2 aromatic carbocycles. The number of nitrogen functional groups attached to an aromatic ring is 4. The molecular formula is C56H80Cl2N16O14. The molecule has 88 heavy (non-hydrogen) atoms. The second kappa shape index (κ2) is 37.7. The van der Waals surface area contributed by atoms with Crippen molar-refractivity contribution < 1.29 is 66.7 Å². The maximum atomic E-state index is 12.9. The Balaban J connectivity index is 0.957. The first-order valence-electron chi connectivity index (χ1n) is 28.1. The Hall–Kier alpha value is -8.74. The van der Waals surface area contributed by atoms with Crippen molar-refractivity contribution in [3.8, 4) is 11.5 Å². The van der Waals surface area contributed by atoms with Gasteiger partial charge in [-0.25, -0.2) is 39.1 Å². The monoisotopic (exact) mass is 1270 g/mol. The van der Waals surface area contributed by atoms with E-state index in [0.29, 0.717) is 50.3 Å². The highest BCUT2D eigenvalue weighted by atomic mass is 35.5. The van der Waals surface area contributed by atoms with E-state index < -0.39 is 47.4 Å². The summed E-state index contributed by atoms with van der Waals surface area (Å²) in [4.78, 5) is 98.9. The van der Waals surface area contributed by atoms with E-state index in [0.717, 1.165) is 36.8 Å². The molecule has 0 aliphatic heterocycles. The van der Waals surface area contributed by atoms with Crippen LogP contribution in [0.3, 0.4) is 0 Å². The number of aliphatic imine (C=N–C) groups is 2. The number of nitrogens with one attached hydrogen (secondary N) is 6. The highest BCUT2D eigenvalue weighted by Crippen LogP contribution is 2.20. The van der Waals surface area contributed by atoms with Gasteiger partial charge in [0.2, 0.25) is 11.9 Å². The number of unbranched alkanes of at least 4 members (excludes halogenated alkanes) is 3. The van der Waals surface area contributed by atoms with Gasteiger partial charge in [-0.2, -0.15) is 0 Å².